The van der Waals surface area contributed by atoms with Gasteiger partial charge in [0.25, 0.3) is 22.5 Å². The summed E-state index contributed by atoms with van der Waals surface area (Å²) in [6.07, 6.45) is 3.08. The smallest absolute Gasteiger partial charge is 0.293 e. The molecule has 0 unspecified atom stereocenters. The van der Waals surface area contributed by atoms with Crippen LogP contribution in [-0.2, 0) is 11.3 Å². The first-order valence-corrected chi connectivity index (χ1v) is 12.6. The number of aromatic nitrogens is 3. The Hall–Kier alpha value is -5.57. The monoisotopic (exact) mass is 574 g/mol. The van der Waals surface area contributed by atoms with E-state index < -0.39 is 21.0 Å². The van der Waals surface area contributed by atoms with Gasteiger partial charge < -0.3 is 9.47 Å². The number of hydrogen-bond acceptors (Lipinski definition) is 11. The van der Waals surface area contributed by atoms with Crippen molar-refractivity contribution in [1.29, 1.82) is 0 Å². The molecule has 2 amide bonds. The lowest BCUT2D eigenvalue weighted by Crippen LogP contribution is -2.27. The van der Waals surface area contributed by atoms with Crippen molar-refractivity contribution in [1.82, 2.24) is 19.9 Å². The molecule has 4 aromatic rings. The van der Waals surface area contributed by atoms with E-state index in [0.717, 1.165) is 16.7 Å². The predicted molar refractivity (Wildman–Crippen MR) is 146 cm³/mol. The van der Waals surface area contributed by atoms with Crippen LogP contribution in [0, 0.1) is 20.2 Å². The number of rotatable bonds is 9. The van der Waals surface area contributed by atoms with Crippen molar-refractivity contribution in [3.05, 3.63) is 109 Å². The number of nitro benzene ring substituents is 2. The highest BCUT2D eigenvalue weighted by atomic mass is 32.2. The first-order chi connectivity index (χ1) is 19.7. The van der Waals surface area contributed by atoms with E-state index in [-0.39, 0.29) is 22.8 Å². The molecule has 15 heteroatoms. The molecule has 206 valence electrons. The number of nitrogens with zero attached hydrogens (tertiary/aromatic N) is 6. The van der Waals surface area contributed by atoms with E-state index in [0.29, 0.717) is 34.2 Å². The van der Waals surface area contributed by atoms with Crippen molar-refractivity contribution in [2.75, 3.05) is 7.11 Å². The van der Waals surface area contributed by atoms with Crippen LogP contribution in [0.25, 0.3) is 11.8 Å². The van der Waals surface area contributed by atoms with E-state index in [2.05, 4.69) is 10.3 Å². The zero-order valence-electron chi connectivity index (χ0n) is 21.1. The van der Waals surface area contributed by atoms with Crippen LogP contribution >= 0.6 is 11.8 Å². The van der Waals surface area contributed by atoms with Gasteiger partial charge in [0.1, 0.15) is 11.4 Å². The third-order valence-corrected chi connectivity index (χ3v) is 6.73. The Morgan fingerprint density at radius 1 is 0.927 bits per heavy atom. The molecule has 1 saturated heterocycles. The Kier molecular flexibility index (Phi) is 7.43. The molecule has 3 aromatic carbocycles. The zero-order chi connectivity index (χ0) is 29.1. The molecule has 1 aliphatic rings. The third kappa shape index (κ3) is 5.89. The molecule has 0 saturated carbocycles. The van der Waals surface area contributed by atoms with Gasteiger partial charge in [0.15, 0.2) is 11.5 Å². The number of amides is 2. The van der Waals surface area contributed by atoms with E-state index in [4.69, 9.17) is 9.47 Å². The fourth-order valence-electron chi connectivity index (χ4n) is 3.79. The molecule has 5 rings (SSSR count). The SMILES string of the molecule is COc1cc(/C=C2\SC(=O)N(Cc3cn(-c4ccc([N+](=O)[O-])cc4)nn3)C2=O)ccc1Oc1ccc([N+](=O)[O-])cc1. The minimum absolute atomic E-state index is 0.0667. The molecule has 2 heterocycles. The van der Waals surface area contributed by atoms with Crippen LogP contribution in [-0.4, -0.2) is 48.0 Å². The molecule has 0 aliphatic carbocycles. The number of thioether (sulfide) groups is 1. The quantitative estimate of drug-likeness (QED) is 0.147. The summed E-state index contributed by atoms with van der Waals surface area (Å²) in [5.41, 5.74) is 1.32. The molecule has 0 spiro atoms. The van der Waals surface area contributed by atoms with Gasteiger partial charge in [0.2, 0.25) is 0 Å². The highest BCUT2D eigenvalue weighted by Crippen LogP contribution is 2.36. The molecular weight excluding hydrogens is 556 g/mol. The van der Waals surface area contributed by atoms with Gasteiger partial charge in [-0.1, -0.05) is 11.3 Å². The Bertz CT molecular complexity index is 1700. The maximum absolute atomic E-state index is 13.0. The first kappa shape index (κ1) is 27.0. The number of benzene rings is 3. The van der Waals surface area contributed by atoms with Crippen molar-refractivity contribution in [2.24, 2.45) is 0 Å². The fraction of sp³-hybridized carbons (Fsp3) is 0.0769. The predicted octanol–water partition coefficient (Wildman–Crippen LogP) is 5.12. The molecule has 1 aromatic heterocycles. The lowest BCUT2D eigenvalue weighted by Gasteiger charge is -2.11. The van der Waals surface area contributed by atoms with E-state index in [9.17, 15) is 29.8 Å². The van der Waals surface area contributed by atoms with Gasteiger partial charge in [0.05, 0.1) is 40.3 Å². The summed E-state index contributed by atoms with van der Waals surface area (Å²) in [7, 11) is 1.44. The second-order valence-electron chi connectivity index (χ2n) is 8.46. The topological polar surface area (TPSA) is 173 Å². The van der Waals surface area contributed by atoms with Gasteiger partial charge in [-0.2, -0.15) is 0 Å². The van der Waals surface area contributed by atoms with Crippen molar-refractivity contribution in [2.45, 2.75) is 6.54 Å². The van der Waals surface area contributed by atoms with Gasteiger partial charge >= 0.3 is 0 Å². The molecule has 1 fully saturated rings. The van der Waals surface area contributed by atoms with Crippen LogP contribution in [0.5, 0.6) is 17.2 Å². The van der Waals surface area contributed by atoms with Crippen molar-refractivity contribution in [3.8, 4) is 22.9 Å². The van der Waals surface area contributed by atoms with Gasteiger partial charge in [-0.25, -0.2) is 4.68 Å². The highest BCUT2D eigenvalue weighted by Gasteiger charge is 2.35. The van der Waals surface area contributed by atoms with Crippen molar-refractivity contribution in [3.63, 3.8) is 0 Å². The van der Waals surface area contributed by atoms with Crippen LogP contribution in [0.1, 0.15) is 11.3 Å². The number of hydrogen-bond donors (Lipinski definition) is 0. The number of methoxy groups -OCH3 is 1. The second-order valence-corrected chi connectivity index (χ2v) is 9.45. The average Bonchev–Trinajstić information content (AvgIpc) is 3.54. The van der Waals surface area contributed by atoms with Crippen LogP contribution in [0.4, 0.5) is 16.2 Å². The van der Waals surface area contributed by atoms with Gasteiger partial charge in [0, 0.05) is 24.3 Å². The third-order valence-electron chi connectivity index (χ3n) is 5.82. The molecule has 0 bridgehead atoms. The summed E-state index contributed by atoms with van der Waals surface area (Å²) >= 11 is 0.780. The Morgan fingerprint density at radius 3 is 2.22 bits per heavy atom. The molecule has 1 aliphatic heterocycles. The van der Waals surface area contributed by atoms with Crippen molar-refractivity contribution >= 4 is 40.4 Å². The number of carbonyl (C=O) groups is 2. The normalized spacial score (nSPS) is 14.0. The molecule has 14 nitrogen and oxygen atoms in total. The molecule has 41 heavy (non-hydrogen) atoms. The first-order valence-electron chi connectivity index (χ1n) is 11.7. The Morgan fingerprint density at radius 2 is 1.59 bits per heavy atom. The lowest BCUT2D eigenvalue weighted by molar-refractivity contribution is -0.385. The summed E-state index contributed by atoms with van der Waals surface area (Å²) in [5, 5.41) is 29.2. The van der Waals surface area contributed by atoms with E-state index in [1.54, 1.807) is 24.3 Å². The molecule has 0 radical (unpaired) electrons. The number of ether oxygens (including phenoxy) is 2. The molecule has 0 N–H and O–H groups in total. The minimum Gasteiger partial charge on any atom is -0.493 e. The maximum atomic E-state index is 13.0. The fourth-order valence-corrected chi connectivity index (χ4v) is 4.63. The standard InChI is InChI=1S/C26H18N6O8S/c1-39-23-12-16(2-11-22(23)40-21-9-7-20(8-10-21)32(37)38)13-24-25(33)29(26(34)41-24)14-17-15-30(28-27-17)18-3-5-19(6-4-18)31(35)36/h2-13,15H,14H2,1H3/b24-13-. The zero-order valence-corrected chi connectivity index (χ0v) is 21.9. The van der Waals surface area contributed by atoms with Gasteiger partial charge in [-0.3, -0.25) is 34.7 Å². The number of nitro groups is 2. The summed E-state index contributed by atoms with van der Waals surface area (Å²) in [4.78, 5) is 47.6. The number of carbonyl (C=O) groups excluding carboxylic acids is 2. The second kappa shape index (κ2) is 11.3. The van der Waals surface area contributed by atoms with Crippen LogP contribution in [0.2, 0.25) is 0 Å². The average molecular weight is 575 g/mol. The summed E-state index contributed by atoms with van der Waals surface area (Å²) < 4.78 is 12.6. The summed E-state index contributed by atoms with van der Waals surface area (Å²) in [5.74, 6) is 0.560. The van der Waals surface area contributed by atoms with Crippen molar-refractivity contribution < 1.29 is 28.9 Å². The largest absolute Gasteiger partial charge is 0.493 e. The summed E-state index contributed by atoms with van der Waals surface area (Å²) in [6, 6.07) is 16.2. The van der Waals surface area contributed by atoms with E-state index >= 15 is 0 Å². The Balaban J connectivity index is 1.28. The van der Waals surface area contributed by atoms with Crippen LogP contribution in [0.3, 0.4) is 0 Å². The molecular formula is C26H18N6O8S. The summed E-state index contributed by atoms with van der Waals surface area (Å²) in [6.45, 7) is -0.111. The van der Waals surface area contributed by atoms with Gasteiger partial charge in [-0.15, -0.1) is 5.10 Å². The van der Waals surface area contributed by atoms with E-state index in [1.165, 1.54) is 66.5 Å². The highest BCUT2D eigenvalue weighted by molar-refractivity contribution is 8.18. The van der Waals surface area contributed by atoms with Crippen LogP contribution < -0.4 is 9.47 Å². The lowest BCUT2D eigenvalue weighted by atomic mass is 10.2. The van der Waals surface area contributed by atoms with Gasteiger partial charge in [-0.05, 0) is 59.8 Å². The van der Waals surface area contributed by atoms with Crippen LogP contribution in [0.15, 0.2) is 77.8 Å². The number of imide groups is 1. The minimum atomic E-state index is -0.510. The molecule has 0 atom stereocenters. The Labute approximate surface area is 235 Å². The number of non-ortho nitro benzene ring substituents is 2. The maximum Gasteiger partial charge on any atom is 0.293 e. The van der Waals surface area contributed by atoms with E-state index in [1.807, 2.05) is 0 Å².